The molecule has 1 aliphatic heterocycles. The third-order valence-corrected chi connectivity index (χ3v) is 5.43. The van der Waals surface area contributed by atoms with Crippen molar-refractivity contribution in [3.05, 3.63) is 65.2 Å². The number of nitrogens with zero attached hydrogens (tertiary/aromatic N) is 1. The molecule has 1 N–H and O–H groups in total. The summed E-state index contributed by atoms with van der Waals surface area (Å²) in [6, 6.07) is 14.2. The second kappa shape index (κ2) is 6.68. The lowest BCUT2D eigenvalue weighted by Crippen LogP contribution is -2.39. The number of carbonyl (C=O) groups excluding carboxylic acids is 1. The maximum absolute atomic E-state index is 12.5. The summed E-state index contributed by atoms with van der Waals surface area (Å²) in [6.07, 6.45) is -0.742. The Bertz CT molecular complexity index is 937. The Kier molecular flexibility index (Phi) is 4.59. The van der Waals surface area contributed by atoms with Crippen LogP contribution in [-0.2, 0) is 19.7 Å². The largest absolute Gasteiger partial charge is 0.382 e. The van der Waals surface area contributed by atoms with Gasteiger partial charge in [-0.05, 0) is 31.0 Å². The molecule has 0 fully saturated rings. The topological polar surface area (TPSA) is 84.8 Å². The molecule has 2 aromatic carbocycles. The number of amides is 1. The first kappa shape index (κ1) is 17.2. The van der Waals surface area contributed by atoms with Crippen molar-refractivity contribution in [2.24, 2.45) is 5.16 Å². The van der Waals surface area contributed by atoms with Crippen LogP contribution in [0, 0.1) is 13.8 Å². The van der Waals surface area contributed by atoms with Crippen molar-refractivity contribution in [3.63, 3.8) is 0 Å². The molecular weight excluding hydrogens is 340 g/mol. The molecule has 130 valence electrons. The summed E-state index contributed by atoms with van der Waals surface area (Å²) < 4.78 is 27.0. The fourth-order valence-electron chi connectivity index (χ4n) is 2.67. The molecule has 1 atom stereocenters. The van der Waals surface area contributed by atoms with Crippen molar-refractivity contribution in [3.8, 4) is 0 Å². The number of sulfonamides is 1. The van der Waals surface area contributed by atoms with Gasteiger partial charge in [-0.1, -0.05) is 53.2 Å². The van der Waals surface area contributed by atoms with E-state index in [1.54, 1.807) is 19.1 Å². The van der Waals surface area contributed by atoms with Crippen molar-refractivity contribution >= 4 is 21.6 Å². The highest BCUT2D eigenvalue weighted by molar-refractivity contribution is 7.90. The van der Waals surface area contributed by atoms with Crippen LogP contribution in [0.2, 0.25) is 0 Å². The molecule has 1 aliphatic rings. The second-order valence-corrected chi connectivity index (χ2v) is 7.59. The molecular formula is C18H18N2O4S. The van der Waals surface area contributed by atoms with E-state index in [2.05, 4.69) is 9.88 Å². The molecule has 1 amide bonds. The van der Waals surface area contributed by atoms with Gasteiger partial charge in [-0.25, -0.2) is 13.1 Å². The first-order valence-corrected chi connectivity index (χ1v) is 9.27. The minimum atomic E-state index is -3.96. The lowest BCUT2D eigenvalue weighted by molar-refractivity contribution is -0.129. The average molecular weight is 358 g/mol. The van der Waals surface area contributed by atoms with E-state index in [-0.39, 0.29) is 11.3 Å². The number of oxime groups is 1. The Labute approximate surface area is 146 Å². The molecule has 2 aromatic rings. The molecule has 25 heavy (non-hydrogen) atoms. The van der Waals surface area contributed by atoms with Crippen LogP contribution in [0.25, 0.3) is 0 Å². The van der Waals surface area contributed by atoms with Crippen LogP contribution >= 0.6 is 0 Å². The summed E-state index contributed by atoms with van der Waals surface area (Å²) in [7, 11) is -3.96. The van der Waals surface area contributed by atoms with Gasteiger partial charge in [-0.2, -0.15) is 0 Å². The normalized spacial score (nSPS) is 16.9. The van der Waals surface area contributed by atoms with Crippen molar-refractivity contribution < 1.29 is 18.0 Å². The van der Waals surface area contributed by atoms with Crippen LogP contribution in [0.4, 0.5) is 0 Å². The number of carbonyl (C=O) groups is 1. The monoisotopic (exact) mass is 358 g/mol. The van der Waals surface area contributed by atoms with Crippen LogP contribution in [-0.4, -0.2) is 26.1 Å². The lowest BCUT2D eigenvalue weighted by Gasteiger charge is -2.12. The summed E-state index contributed by atoms with van der Waals surface area (Å²) >= 11 is 0. The second-order valence-electron chi connectivity index (χ2n) is 5.94. The summed E-state index contributed by atoms with van der Waals surface area (Å²) in [4.78, 5) is 17.5. The first-order chi connectivity index (χ1) is 11.9. The molecule has 0 saturated heterocycles. The fourth-order valence-corrected chi connectivity index (χ4v) is 3.91. The van der Waals surface area contributed by atoms with Crippen LogP contribution in [0.3, 0.4) is 0 Å². The predicted molar refractivity (Wildman–Crippen MR) is 93.7 cm³/mol. The summed E-state index contributed by atoms with van der Waals surface area (Å²) in [6.45, 7) is 3.56. The number of nitrogens with one attached hydrogen (secondary N) is 1. The Morgan fingerprint density at radius 3 is 2.56 bits per heavy atom. The maximum Gasteiger partial charge on any atom is 0.278 e. The summed E-state index contributed by atoms with van der Waals surface area (Å²) in [5, 5.41) is 3.90. The van der Waals surface area contributed by atoms with Gasteiger partial charge in [0.15, 0.2) is 0 Å². The third-order valence-electron chi connectivity index (χ3n) is 3.92. The van der Waals surface area contributed by atoms with Crippen LogP contribution in [0.1, 0.15) is 23.1 Å². The van der Waals surface area contributed by atoms with Gasteiger partial charge >= 0.3 is 0 Å². The molecule has 7 heteroatoms. The highest BCUT2D eigenvalue weighted by Crippen LogP contribution is 2.19. The van der Waals surface area contributed by atoms with E-state index in [1.165, 1.54) is 6.07 Å². The highest BCUT2D eigenvalue weighted by atomic mass is 32.2. The zero-order chi connectivity index (χ0) is 18.0. The van der Waals surface area contributed by atoms with Gasteiger partial charge in [0, 0.05) is 6.42 Å². The van der Waals surface area contributed by atoms with Gasteiger partial charge in [0.2, 0.25) is 6.10 Å². The van der Waals surface area contributed by atoms with Gasteiger partial charge in [-0.3, -0.25) is 4.79 Å². The third kappa shape index (κ3) is 3.71. The number of hydrogen-bond acceptors (Lipinski definition) is 5. The zero-order valence-corrected chi connectivity index (χ0v) is 14.7. The van der Waals surface area contributed by atoms with E-state index < -0.39 is 22.0 Å². The van der Waals surface area contributed by atoms with Gasteiger partial charge in [0.1, 0.15) is 0 Å². The van der Waals surface area contributed by atoms with Crippen molar-refractivity contribution in [2.45, 2.75) is 31.3 Å². The van der Waals surface area contributed by atoms with Crippen molar-refractivity contribution in [1.82, 2.24) is 4.72 Å². The van der Waals surface area contributed by atoms with Gasteiger partial charge in [0.05, 0.1) is 10.6 Å². The van der Waals surface area contributed by atoms with E-state index in [9.17, 15) is 13.2 Å². The van der Waals surface area contributed by atoms with Crippen molar-refractivity contribution in [1.29, 1.82) is 0 Å². The lowest BCUT2D eigenvalue weighted by atomic mass is 10.1. The molecule has 0 aliphatic carbocycles. The SMILES string of the molecule is Cc1ccc(S(=O)(=O)NC(=O)C2CC(c3ccccc3)=NO2)c(C)c1. The smallest absolute Gasteiger partial charge is 0.278 e. The van der Waals surface area contributed by atoms with Crippen molar-refractivity contribution in [2.75, 3.05) is 0 Å². The number of rotatable bonds is 4. The van der Waals surface area contributed by atoms with E-state index in [4.69, 9.17) is 4.84 Å². The number of aryl methyl sites for hydroxylation is 2. The molecule has 0 radical (unpaired) electrons. The Morgan fingerprint density at radius 1 is 1.16 bits per heavy atom. The number of hydrogen-bond donors (Lipinski definition) is 1. The molecule has 1 unspecified atom stereocenters. The Morgan fingerprint density at radius 2 is 1.88 bits per heavy atom. The Hall–Kier alpha value is -2.67. The Balaban J connectivity index is 1.71. The first-order valence-electron chi connectivity index (χ1n) is 7.79. The average Bonchev–Trinajstić information content (AvgIpc) is 3.05. The van der Waals surface area contributed by atoms with Crippen LogP contribution in [0.15, 0.2) is 58.6 Å². The molecule has 0 aromatic heterocycles. The molecule has 1 heterocycles. The number of benzene rings is 2. The predicted octanol–water partition coefficient (Wildman–Crippen LogP) is 2.30. The standard InChI is InChI=1S/C18H18N2O4S/c1-12-8-9-17(13(2)10-12)25(22,23)20-18(21)16-11-15(19-24-16)14-6-4-3-5-7-14/h3-10,16H,11H2,1-2H3,(H,20,21). The van der Waals surface area contributed by atoms with Gasteiger partial charge in [-0.15, -0.1) is 0 Å². The minimum Gasteiger partial charge on any atom is -0.382 e. The van der Waals surface area contributed by atoms with Crippen LogP contribution < -0.4 is 4.72 Å². The van der Waals surface area contributed by atoms with E-state index >= 15 is 0 Å². The molecule has 6 nitrogen and oxygen atoms in total. The van der Waals surface area contributed by atoms with E-state index in [0.717, 1.165) is 11.1 Å². The van der Waals surface area contributed by atoms with Gasteiger partial charge in [0.25, 0.3) is 15.9 Å². The maximum atomic E-state index is 12.5. The highest BCUT2D eigenvalue weighted by Gasteiger charge is 2.32. The molecule has 0 saturated carbocycles. The fraction of sp³-hybridized carbons (Fsp3) is 0.222. The zero-order valence-electron chi connectivity index (χ0n) is 13.9. The van der Waals surface area contributed by atoms with E-state index in [0.29, 0.717) is 11.3 Å². The summed E-state index contributed by atoms with van der Waals surface area (Å²) in [5.74, 6) is -0.727. The van der Waals surface area contributed by atoms with Gasteiger partial charge < -0.3 is 4.84 Å². The summed E-state index contributed by atoms with van der Waals surface area (Å²) in [5.41, 5.74) is 2.98. The van der Waals surface area contributed by atoms with E-state index in [1.807, 2.05) is 37.3 Å². The molecule has 3 rings (SSSR count). The quantitative estimate of drug-likeness (QED) is 0.909. The molecule has 0 spiro atoms. The minimum absolute atomic E-state index is 0.0775. The molecule has 0 bridgehead atoms. The van der Waals surface area contributed by atoms with Crippen LogP contribution in [0.5, 0.6) is 0 Å².